The molecule has 0 aliphatic carbocycles. The van der Waals surface area contributed by atoms with Crippen LogP contribution in [-0.4, -0.2) is 44.8 Å². The molecule has 3 N–H and O–H groups in total. The predicted octanol–water partition coefficient (Wildman–Crippen LogP) is 0.747. The highest BCUT2D eigenvalue weighted by Gasteiger charge is 2.37. The number of amides is 1. The SMILES string of the molecule is CN(CCCNC(=O)C1(N)CCOC1)c1ccccc1. The standard InChI is InChI=1S/C15H23N3O2/c1-18(13-6-3-2-4-7-13)10-5-9-17-14(19)15(16)8-11-20-12-15/h2-4,6-7H,5,8-12,16H2,1H3,(H,17,19). The van der Waals surface area contributed by atoms with Crippen LogP contribution in [0.5, 0.6) is 0 Å². The quantitative estimate of drug-likeness (QED) is 0.753. The summed E-state index contributed by atoms with van der Waals surface area (Å²) in [6, 6.07) is 10.2. The van der Waals surface area contributed by atoms with Gasteiger partial charge < -0.3 is 20.7 Å². The third-order valence-electron chi connectivity index (χ3n) is 3.66. The van der Waals surface area contributed by atoms with Gasteiger partial charge in [-0.25, -0.2) is 0 Å². The van der Waals surface area contributed by atoms with E-state index in [-0.39, 0.29) is 5.91 Å². The van der Waals surface area contributed by atoms with E-state index in [2.05, 4.69) is 22.3 Å². The first-order chi connectivity index (χ1) is 9.62. The molecule has 1 aromatic rings. The van der Waals surface area contributed by atoms with Gasteiger partial charge >= 0.3 is 0 Å². The number of hydrogen-bond donors (Lipinski definition) is 2. The smallest absolute Gasteiger partial charge is 0.242 e. The first kappa shape index (κ1) is 14.8. The molecule has 1 unspecified atom stereocenters. The molecule has 0 bridgehead atoms. The fraction of sp³-hybridized carbons (Fsp3) is 0.533. The summed E-state index contributed by atoms with van der Waals surface area (Å²) in [4.78, 5) is 14.1. The minimum Gasteiger partial charge on any atom is -0.379 e. The van der Waals surface area contributed by atoms with Crippen LogP contribution >= 0.6 is 0 Å². The zero-order valence-electron chi connectivity index (χ0n) is 12.0. The van der Waals surface area contributed by atoms with Crippen LogP contribution in [-0.2, 0) is 9.53 Å². The summed E-state index contributed by atoms with van der Waals surface area (Å²) in [5.74, 6) is -0.0997. The minimum absolute atomic E-state index is 0.0997. The Kier molecular flexibility index (Phi) is 4.98. The Hall–Kier alpha value is -1.59. The number of anilines is 1. The van der Waals surface area contributed by atoms with Gasteiger partial charge in [0.15, 0.2) is 0 Å². The molecule has 0 spiro atoms. The number of carbonyl (C=O) groups excluding carboxylic acids is 1. The van der Waals surface area contributed by atoms with Crippen molar-refractivity contribution in [2.75, 3.05) is 38.3 Å². The van der Waals surface area contributed by atoms with Crippen molar-refractivity contribution in [3.8, 4) is 0 Å². The second kappa shape index (κ2) is 6.72. The minimum atomic E-state index is -0.828. The normalized spacial score (nSPS) is 21.7. The van der Waals surface area contributed by atoms with Crippen LogP contribution in [0.15, 0.2) is 30.3 Å². The number of carbonyl (C=O) groups is 1. The molecule has 20 heavy (non-hydrogen) atoms. The van der Waals surface area contributed by atoms with Crippen molar-refractivity contribution in [1.29, 1.82) is 0 Å². The Morgan fingerprint density at radius 2 is 2.20 bits per heavy atom. The molecular formula is C15H23N3O2. The third-order valence-corrected chi connectivity index (χ3v) is 3.66. The van der Waals surface area contributed by atoms with E-state index in [1.165, 1.54) is 5.69 Å². The van der Waals surface area contributed by atoms with Crippen LogP contribution in [0.3, 0.4) is 0 Å². The van der Waals surface area contributed by atoms with E-state index in [0.717, 1.165) is 13.0 Å². The maximum absolute atomic E-state index is 12.0. The average Bonchev–Trinajstić information content (AvgIpc) is 2.92. The van der Waals surface area contributed by atoms with Gasteiger partial charge in [0.25, 0.3) is 0 Å². The Balaban J connectivity index is 1.68. The van der Waals surface area contributed by atoms with Gasteiger partial charge in [-0.3, -0.25) is 4.79 Å². The maximum Gasteiger partial charge on any atom is 0.242 e. The number of hydrogen-bond acceptors (Lipinski definition) is 4. The summed E-state index contributed by atoms with van der Waals surface area (Å²) < 4.78 is 5.19. The second-order valence-corrected chi connectivity index (χ2v) is 5.33. The fourth-order valence-electron chi connectivity index (χ4n) is 2.27. The van der Waals surface area contributed by atoms with Crippen molar-refractivity contribution in [1.82, 2.24) is 5.32 Å². The molecule has 1 heterocycles. The van der Waals surface area contributed by atoms with Crippen molar-refractivity contribution < 1.29 is 9.53 Å². The predicted molar refractivity (Wildman–Crippen MR) is 79.7 cm³/mol. The number of benzene rings is 1. The van der Waals surface area contributed by atoms with E-state index < -0.39 is 5.54 Å². The lowest BCUT2D eigenvalue weighted by molar-refractivity contribution is -0.126. The first-order valence-electron chi connectivity index (χ1n) is 7.03. The summed E-state index contributed by atoms with van der Waals surface area (Å²) in [5, 5.41) is 2.90. The van der Waals surface area contributed by atoms with Crippen molar-refractivity contribution in [3.05, 3.63) is 30.3 Å². The van der Waals surface area contributed by atoms with Crippen molar-refractivity contribution in [3.63, 3.8) is 0 Å². The highest BCUT2D eigenvalue weighted by Crippen LogP contribution is 2.15. The van der Waals surface area contributed by atoms with Crippen LogP contribution in [0.1, 0.15) is 12.8 Å². The van der Waals surface area contributed by atoms with Crippen LogP contribution in [0.4, 0.5) is 5.69 Å². The largest absolute Gasteiger partial charge is 0.379 e. The third kappa shape index (κ3) is 3.71. The van der Waals surface area contributed by atoms with Gasteiger partial charge in [-0.05, 0) is 25.0 Å². The lowest BCUT2D eigenvalue weighted by atomic mass is 9.99. The Morgan fingerprint density at radius 1 is 1.45 bits per heavy atom. The molecule has 0 aromatic heterocycles. The van der Waals surface area contributed by atoms with Crippen LogP contribution in [0.25, 0.3) is 0 Å². The van der Waals surface area contributed by atoms with Gasteiger partial charge in [0.05, 0.1) is 6.61 Å². The van der Waals surface area contributed by atoms with Gasteiger partial charge in [0.1, 0.15) is 5.54 Å². The lowest BCUT2D eigenvalue weighted by Crippen LogP contribution is -2.54. The highest BCUT2D eigenvalue weighted by atomic mass is 16.5. The molecule has 1 aromatic carbocycles. The average molecular weight is 277 g/mol. The maximum atomic E-state index is 12.0. The van der Waals surface area contributed by atoms with Crippen molar-refractivity contribution >= 4 is 11.6 Å². The van der Waals surface area contributed by atoms with Crippen molar-refractivity contribution in [2.24, 2.45) is 5.73 Å². The number of para-hydroxylation sites is 1. The molecule has 1 aliphatic heterocycles. The molecule has 5 heteroatoms. The van der Waals surface area contributed by atoms with E-state index in [1.807, 2.05) is 25.2 Å². The van der Waals surface area contributed by atoms with E-state index >= 15 is 0 Å². The van der Waals surface area contributed by atoms with Gasteiger partial charge in [0, 0.05) is 32.4 Å². The molecule has 110 valence electrons. The molecule has 1 aliphatic rings. The number of nitrogens with two attached hydrogens (primary N) is 1. The topological polar surface area (TPSA) is 67.6 Å². The second-order valence-electron chi connectivity index (χ2n) is 5.33. The van der Waals surface area contributed by atoms with E-state index in [0.29, 0.717) is 26.2 Å². The monoisotopic (exact) mass is 277 g/mol. The summed E-state index contributed by atoms with van der Waals surface area (Å²) >= 11 is 0. The van der Waals surface area contributed by atoms with Gasteiger partial charge in [-0.2, -0.15) is 0 Å². The van der Waals surface area contributed by atoms with E-state index in [4.69, 9.17) is 10.5 Å². The van der Waals surface area contributed by atoms with Crippen LogP contribution in [0.2, 0.25) is 0 Å². The Bertz CT molecular complexity index is 430. The van der Waals surface area contributed by atoms with E-state index in [1.54, 1.807) is 0 Å². The summed E-state index contributed by atoms with van der Waals surface area (Å²) in [7, 11) is 2.05. The van der Waals surface area contributed by atoms with Crippen molar-refractivity contribution in [2.45, 2.75) is 18.4 Å². The molecule has 2 rings (SSSR count). The zero-order valence-corrected chi connectivity index (χ0v) is 12.0. The Morgan fingerprint density at radius 3 is 2.85 bits per heavy atom. The molecule has 1 atom stereocenters. The summed E-state index contributed by atoms with van der Waals surface area (Å²) in [5.41, 5.74) is 6.34. The molecule has 1 fully saturated rings. The number of ether oxygens (including phenoxy) is 1. The molecule has 1 saturated heterocycles. The molecule has 0 saturated carbocycles. The molecule has 5 nitrogen and oxygen atoms in total. The number of nitrogens with zero attached hydrogens (tertiary/aromatic N) is 1. The lowest BCUT2D eigenvalue weighted by Gasteiger charge is -2.22. The zero-order chi connectivity index (χ0) is 14.4. The molecule has 1 amide bonds. The Labute approximate surface area is 120 Å². The van der Waals surface area contributed by atoms with Gasteiger partial charge in [-0.15, -0.1) is 0 Å². The van der Waals surface area contributed by atoms with Crippen LogP contribution < -0.4 is 16.0 Å². The summed E-state index contributed by atoms with van der Waals surface area (Å²) in [6.07, 6.45) is 1.48. The highest BCUT2D eigenvalue weighted by molar-refractivity contribution is 5.86. The van der Waals surface area contributed by atoms with Gasteiger partial charge in [-0.1, -0.05) is 18.2 Å². The van der Waals surface area contributed by atoms with Crippen LogP contribution in [0, 0.1) is 0 Å². The van der Waals surface area contributed by atoms with E-state index in [9.17, 15) is 4.79 Å². The molecule has 0 radical (unpaired) electrons. The fourth-order valence-corrected chi connectivity index (χ4v) is 2.27. The first-order valence-corrected chi connectivity index (χ1v) is 7.03. The summed E-state index contributed by atoms with van der Waals surface area (Å²) in [6.45, 7) is 2.41. The number of nitrogens with one attached hydrogen (secondary N) is 1. The van der Waals surface area contributed by atoms with Gasteiger partial charge in [0.2, 0.25) is 5.91 Å². The number of rotatable bonds is 6. The molecular weight excluding hydrogens is 254 g/mol.